The van der Waals surface area contributed by atoms with E-state index in [0.29, 0.717) is 29.0 Å². The molecule has 0 unspecified atom stereocenters. The van der Waals surface area contributed by atoms with E-state index in [-0.39, 0.29) is 5.78 Å². The summed E-state index contributed by atoms with van der Waals surface area (Å²) in [6.45, 7) is 0.354. The average Bonchev–Trinajstić information content (AvgIpc) is 2.76. The molecule has 0 fully saturated rings. The van der Waals surface area contributed by atoms with Gasteiger partial charge in [0.2, 0.25) is 0 Å². The molecule has 4 nitrogen and oxygen atoms in total. The predicted molar refractivity (Wildman–Crippen MR) is 106 cm³/mol. The third-order valence-electron chi connectivity index (χ3n) is 4.05. The van der Waals surface area contributed by atoms with Crippen molar-refractivity contribution in [3.63, 3.8) is 0 Å². The van der Waals surface area contributed by atoms with Gasteiger partial charge in [0.15, 0.2) is 5.78 Å². The second-order valence-electron chi connectivity index (χ2n) is 6.06. The lowest BCUT2D eigenvalue weighted by atomic mass is 10.1. The third kappa shape index (κ3) is 4.94. The Morgan fingerprint density at radius 3 is 2.39 bits per heavy atom. The van der Waals surface area contributed by atoms with Gasteiger partial charge in [0.05, 0.1) is 23.3 Å². The van der Waals surface area contributed by atoms with Crippen LogP contribution in [0.5, 0.6) is 5.75 Å². The lowest BCUT2D eigenvalue weighted by Crippen LogP contribution is -1.96. The number of benzene rings is 3. The smallest absolute Gasteiger partial charge is 0.185 e. The van der Waals surface area contributed by atoms with E-state index in [4.69, 9.17) is 15.3 Å². The quantitative estimate of drug-likeness (QED) is 0.460. The Morgan fingerprint density at radius 1 is 0.893 bits per heavy atom. The Hall–Kier alpha value is -4.15. The fourth-order valence-corrected chi connectivity index (χ4v) is 2.58. The molecule has 0 saturated heterocycles. The highest BCUT2D eigenvalue weighted by molar-refractivity contribution is 6.06. The Morgan fingerprint density at radius 2 is 1.64 bits per heavy atom. The van der Waals surface area contributed by atoms with Crippen LogP contribution in [0.1, 0.15) is 32.6 Å². The van der Waals surface area contributed by atoms with E-state index >= 15 is 0 Å². The third-order valence-corrected chi connectivity index (χ3v) is 4.05. The number of nitriles is 2. The highest BCUT2D eigenvalue weighted by Gasteiger charge is 2.02. The fourth-order valence-electron chi connectivity index (χ4n) is 2.58. The molecule has 0 spiro atoms. The van der Waals surface area contributed by atoms with E-state index in [1.165, 1.54) is 6.08 Å². The van der Waals surface area contributed by atoms with Gasteiger partial charge in [-0.1, -0.05) is 30.3 Å². The first-order valence-electron chi connectivity index (χ1n) is 8.62. The Balaban J connectivity index is 1.65. The van der Waals surface area contributed by atoms with Gasteiger partial charge in [0.25, 0.3) is 0 Å². The maximum Gasteiger partial charge on any atom is 0.185 e. The van der Waals surface area contributed by atoms with Crippen LogP contribution in [0, 0.1) is 22.7 Å². The lowest BCUT2D eigenvalue weighted by molar-refractivity contribution is 0.104. The van der Waals surface area contributed by atoms with Crippen molar-refractivity contribution in [2.75, 3.05) is 0 Å². The summed E-state index contributed by atoms with van der Waals surface area (Å²) in [7, 11) is 0. The van der Waals surface area contributed by atoms with Gasteiger partial charge in [0, 0.05) is 5.56 Å². The minimum Gasteiger partial charge on any atom is -0.489 e. The van der Waals surface area contributed by atoms with Gasteiger partial charge in [0.1, 0.15) is 12.4 Å². The molecule has 3 aromatic carbocycles. The Labute approximate surface area is 163 Å². The van der Waals surface area contributed by atoms with Crippen LogP contribution in [0.25, 0.3) is 6.08 Å². The maximum absolute atomic E-state index is 12.2. The molecule has 0 atom stereocenters. The van der Waals surface area contributed by atoms with Crippen molar-refractivity contribution in [2.45, 2.75) is 6.61 Å². The van der Waals surface area contributed by atoms with Crippen molar-refractivity contribution in [3.05, 3.63) is 107 Å². The van der Waals surface area contributed by atoms with Crippen LogP contribution in [0.15, 0.2) is 78.9 Å². The molecule has 0 aliphatic rings. The number of ether oxygens (including phenoxy) is 1. The summed E-state index contributed by atoms with van der Waals surface area (Å²) in [4.78, 5) is 12.2. The molecule has 0 bridgehead atoms. The fraction of sp³-hybridized carbons (Fsp3) is 0.0417. The summed E-state index contributed by atoms with van der Waals surface area (Å²) in [5, 5.41) is 17.8. The van der Waals surface area contributed by atoms with Gasteiger partial charge in [-0.15, -0.1) is 0 Å². The van der Waals surface area contributed by atoms with Crippen molar-refractivity contribution in [1.29, 1.82) is 10.5 Å². The Bertz CT molecular complexity index is 1100. The molecule has 0 amide bonds. The SMILES string of the molecule is N#Cc1ccc(C(=O)/C=C/c2cccc(OCc3cccc(C#N)c3)c2)cc1. The number of carbonyl (C=O) groups is 1. The zero-order valence-corrected chi connectivity index (χ0v) is 15.0. The van der Waals surface area contributed by atoms with E-state index in [1.54, 1.807) is 42.5 Å². The molecule has 134 valence electrons. The van der Waals surface area contributed by atoms with E-state index in [2.05, 4.69) is 6.07 Å². The van der Waals surface area contributed by atoms with Crippen LogP contribution >= 0.6 is 0 Å². The molecule has 0 aliphatic carbocycles. The minimum absolute atomic E-state index is 0.135. The van der Waals surface area contributed by atoms with Crippen LogP contribution in [-0.2, 0) is 6.61 Å². The molecule has 0 N–H and O–H groups in total. The Kier molecular flexibility index (Phi) is 5.98. The summed E-state index contributed by atoms with van der Waals surface area (Å²) in [5.41, 5.74) is 3.39. The van der Waals surface area contributed by atoms with E-state index in [1.807, 2.05) is 42.5 Å². The number of hydrogen-bond acceptors (Lipinski definition) is 4. The zero-order chi connectivity index (χ0) is 19.8. The number of nitrogens with zero attached hydrogens (tertiary/aromatic N) is 2. The van der Waals surface area contributed by atoms with Crippen molar-refractivity contribution in [2.24, 2.45) is 0 Å². The lowest BCUT2D eigenvalue weighted by Gasteiger charge is -2.07. The average molecular weight is 364 g/mol. The largest absolute Gasteiger partial charge is 0.489 e. The summed E-state index contributed by atoms with van der Waals surface area (Å²) < 4.78 is 5.79. The van der Waals surface area contributed by atoms with Gasteiger partial charge < -0.3 is 4.74 Å². The summed E-state index contributed by atoms with van der Waals surface area (Å²) in [6, 6.07) is 25.3. The molecule has 3 rings (SSSR count). The first kappa shape index (κ1) is 18.6. The topological polar surface area (TPSA) is 73.9 Å². The summed E-state index contributed by atoms with van der Waals surface area (Å²) >= 11 is 0. The van der Waals surface area contributed by atoms with Crippen LogP contribution in [0.2, 0.25) is 0 Å². The summed E-state index contributed by atoms with van der Waals surface area (Å²) in [5.74, 6) is 0.541. The molecule has 0 aromatic heterocycles. The van der Waals surface area contributed by atoms with E-state index < -0.39 is 0 Å². The first-order chi connectivity index (χ1) is 13.7. The van der Waals surface area contributed by atoms with Gasteiger partial charge >= 0.3 is 0 Å². The second-order valence-corrected chi connectivity index (χ2v) is 6.06. The molecule has 0 heterocycles. The number of ketones is 1. The van der Waals surface area contributed by atoms with Gasteiger partial charge in [-0.3, -0.25) is 4.79 Å². The number of allylic oxidation sites excluding steroid dienone is 1. The molecule has 4 heteroatoms. The molecular formula is C24H16N2O2. The van der Waals surface area contributed by atoms with E-state index in [0.717, 1.165) is 11.1 Å². The van der Waals surface area contributed by atoms with Crippen molar-refractivity contribution >= 4 is 11.9 Å². The predicted octanol–water partition coefficient (Wildman–Crippen LogP) is 4.91. The molecule has 3 aromatic rings. The standard InChI is InChI=1S/C24H16N2O2/c25-15-19-7-10-22(11-8-19)24(27)12-9-18-3-2-6-23(14-18)28-17-21-5-1-4-20(13-21)16-26/h1-14H,17H2/b12-9+. The van der Waals surface area contributed by atoms with Crippen LogP contribution in [0.4, 0.5) is 0 Å². The van der Waals surface area contributed by atoms with Crippen LogP contribution in [-0.4, -0.2) is 5.78 Å². The normalized spacial score (nSPS) is 10.2. The first-order valence-corrected chi connectivity index (χ1v) is 8.62. The molecular weight excluding hydrogens is 348 g/mol. The molecule has 0 radical (unpaired) electrons. The van der Waals surface area contributed by atoms with E-state index in [9.17, 15) is 4.79 Å². The summed E-state index contributed by atoms with van der Waals surface area (Å²) in [6.07, 6.45) is 3.22. The van der Waals surface area contributed by atoms with Crippen LogP contribution < -0.4 is 4.74 Å². The minimum atomic E-state index is -0.135. The van der Waals surface area contributed by atoms with Gasteiger partial charge in [-0.25, -0.2) is 0 Å². The number of hydrogen-bond donors (Lipinski definition) is 0. The molecule has 0 aliphatic heterocycles. The van der Waals surface area contributed by atoms with Crippen molar-refractivity contribution in [3.8, 4) is 17.9 Å². The maximum atomic E-state index is 12.2. The van der Waals surface area contributed by atoms with Crippen molar-refractivity contribution < 1.29 is 9.53 Å². The van der Waals surface area contributed by atoms with Gasteiger partial charge in [-0.05, 0) is 65.7 Å². The van der Waals surface area contributed by atoms with Gasteiger partial charge in [-0.2, -0.15) is 10.5 Å². The number of rotatable bonds is 6. The highest BCUT2D eigenvalue weighted by atomic mass is 16.5. The monoisotopic (exact) mass is 364 g/mol. The second kappa shape index (κ2) is 8.98. The molecule has 28 heavy (non-hydrogen) atoms. The van der Waals surface area contributed by atoms with Crippen LogP contribution in [0.3, 0.4) is 0 Å². The van der Waals surface area contributed by atoms with Crippen molar-refractivity contribution in [1.82, 2.24) is 0 Å². The highest BCUT2D eigenvalue weighted by Crippen LogP contribution is 2.17. The molecule has 0 saturated carbocycles. The zero-order valence-electron chi connectivity index (χ0n) is 15.0. The number of carbonyl (C=O) groups excluding carboxylic acids is 1.